The van der Waals surface area contributed by atoms with E-state index in [1.807, 2.05) is 79.0 Å². The first-order chi connectivity index (χ1) is 14.5. The number of aromatic carboxylic acids is 1. The molecule has 150 valence electrons. The number of carboxylic acid groups (broad SMARTS) is 1. The zero-order valence-corrected chi connectivity index (χ0v) is 17.8. The van der Waals surface area contributed by atoms with Crippen molar-refractivity contribution in [1.29, 1.82) is 0 Å². The van der Waals surface area contributed by atoms with Crippen LogP contribution in [0.25, 0.3) is 21.6 Å². The van der Waals surface area contributed by atoms with Crippen molar-refractivity contribution in [2.75, 3.05) is 0 Å². The third-order valence-corrected chi connectivity index (χ3v) is 6.05. The molecule has 0 aliphatic carbocycles. The number of rotatable bonds is 6. The van der Waals surface area contributed by atoms with Gasteiger partial charge in [-0.25, -0.2) is 4.79 Å². The van der Waals surface area contributed by atoms with Gasteiger partial charge in [0.1, 0.15) is 12.4 Å². The summed E-state index contributed by atoms with van der Waals surface area (Å²) in [6.45, 7) is 2.27. The van der Waals surface area contributed by atoms with Gasteiger partial charge in [0.05, 0.1) is 5.56 Å². The fourth-order valence-corrected chi connectivity index (χ4v) is 4.44. The molecule has 3 nitrogen and oxygen atoms in total. The van der Waals surface area contributed by atoms with E-state index in [0.29, 0.717) is 17.2 Å². The number of ether oxygens (including phenoxy) is 1. The molecular formula is C25H19ClO3S. The summed E-state index contributed by atoms with van der Waals surface area (Å²) in [5, 5.41) is 12.0. The van der Waals surface area contributed by atoms with Crippen LogP contribution in [-0.4, -0.2) is 11.1 Å². The average molecular weight is 435 g/mol. The topological polar surface area (TPSA) is 46.5 Å². The molecule has 0 amide bonds. The Balaban J connectivity index is 1.72. The van der Waals surface area contributed by atoms with Crippen molar-refractivity contribution in [2.45, 2.75) is 13.5 Å². The summed E-state index contributed by atoms with van der Waals surface area (Å²) in [7, 11) is 0. The molecule has 1 heterocycles. The summed E-state index contributed by atoms with van der Waals surface area (Å²) in [5.74, 6) is -0.168. The molecule has 1 N–H and O–H groups in total. The van der Waals surface area contributed by atoms with E-state index in [2.05, 4.69) is 0 Å². The molecule has 4 aromatic rings. The predicted molar refractivity (Wildman–Crippen MR) is 123 cm³/mol. The number of thiophene rings is 1. The minimum absolute atomic E-state index is 0.312. The quantitative estimate of drug-likeness (QED) is 0.345. The zero-order chi connectivity index (χ0) is 21.1. The van der Waals surface area contributed by atoms with Crippen LogP contribution in [0.15, 0.2) is 78.2 Å². The molecular weight excluding hydrogens is 416 g/mol. The summed E-state index contributed by atoms with van der Waals surface area (Å²) < 4.78 is 6.14. The van der Waals surface area contributed by atoms with Crippen molar-refractivity contribution >= 4 is 28.9 Å². The zero-order valence-electron chi connectivity index (χ0n) is 16.3. The van der Waals surface area contributed by atoms with Crippen LogP contribution in [0.1, 0.15) is 21.5 Å². The van der Waals surface area contributed by atoms with Crippen molar-refractivity contribution in [3.8, 4) is 27.3 Å². The fourth-order valence-electron chi connectivity index (χ4n) is 3.36. The van der Waals surface area contributed by atoms with Gasteiger partial charge in [-0.15, -0.1) is 11.3 Å². The van der Waals surface area contributed by atoms with Crippen LogP contribution < -0.4 is 4.74 Å². The van der Waals surface area contributed by atoms with Gasteiger partial charge in [-0.1, -0.05) is 48.0 Å². The number of aryl methyl sites for hydroxylation is 1. The second-order valence-electron chi connectivity index (χ2n) is 6.91. The summed E-state index contributed by atoms with van der Waals surface area (Å²) in [5.41, 5.74) is 5.01. The van der Waals surface area contributed by atoms with Crippen LogP contribution in [0.3, 0.4) is 0 Å². The predicted octanol–water partition coefficient (Wildman–Crippen LogP) is 7.32. The van der Waals surface area contributed by atoms with Crippen molar-refractivity contribution in [1.82, 2.24) is 0 Å². The highest BCUT2D eigenvalue weighted by atomic mass is 35.5. The van der Waals surface area contributed by atoms with Gasteiger partial charge < -0.3 is 9.84 Å². The third kappa shape index (κ3) is 4.25. The van der Waals surface area contributed by atoms with E-state index in [4.69, 9.17) is 16.3 Å². The lowest BCUT2D eigenvalue weighted by molar-refractivity contribution is 0.0696. The fraction of sp³-hybridized carbons (Fsp3) is 0.0800. The molecule has 0 atom stereocenters. The van der Waals surface area contributed by atoms with Crippen LogP contribution in [0.4, 0.5) is 0 Å². The van der Waals surface area contributed by atoms with E-state index in [1.54, 1.807) is 17.4 Å². The second-order valence-corrected chi connectivity index (χ2v) is 8.27. The van der Waals surface area contributed by atoms with E-state index in [9.17, 15) is 9.90 Å². The smallest absolute Gasteiger partial charge is 0.335 e. The van der Waals surface area contributed by atoms with Gasteiger partial charge >= 0.3 is 5.97 Å². The summed E-state index contributed by atoms with van der Waals surface area (Å²) in [4.78, 5) is 12.4. The lowest BCUT2D eigenvalue weighted by Crippen LogP contribution is -1.99. The maximum atomic E-state index is 11.4. The molecule has 30 heavy (non-hydrogen) atoms. The highest BCUT2D eigenvalue weighted by Crippen LogP contribution is 2.42. The Kier molecular flexibility index (Phi) is 5.88. The molecule has 0 saturated heterocycles. The Morgan fingerprint density at radius 2 is 1.80 bits per heavy atom. The van der Waals surface area contributed by atoms with E-state index in [1.165, 1.54) is 0 Å². The SMILES string of the molecule is Cc1cc(-c2sccc2-c2cc(Cl)ccc2OCc2ccccc2)ccc1C(=O)O. The highest BCUT2D eigenvalue weighted by Gasteiger charge is 2.16. The molecule has 0 radical (unpaired) electrons. The van der Waals surface area contributed by atoms with Crippen LogP contribution >= 0.6 is 22.9 Å². The first-order valence-corrected chi connectivity index (χ1v) is 10.7. The van der Waals surface area contributed by atoms with E-state index >= 15 is 0 Å². The molecule has 5 heteroatoms. The normalized spacial score (nSPS) is 10.7. The molecule has 4 rings (SSSR count). The van der Waals surface area contributed by atoms with Gasteiger partial charge in [0.2, 0.25) is 0 Å². The Bertz CT molecular complexity index is 1200. The van der Waals surface area contributed by atoms with Gasteiger partial charge in [0.15, 0.2) is 0 Å². The second kappa shape index (κ2) is 8.74. The molecule has 0 spiro atoms. The standard InChI is InChI=1S/C25H19ClO3S/c1-16-13-18(7-9-20(16)25(27)28)24-21(11-12-30-24)22-14-19(26)8-10-23(22)29-15-17-5-3-2-4-6-17/h2-14H,15H2,1H3,(H,27,28). The first-order valence-electron chi connectivity index (χ1n) is 9.41. The molecule has 3 aromatic carbocycles. The Labute approximate surface area is 184 Å². The van der Waals surface area contributed by atoms with Gasteiger partial charge in [-0.2, -0.15) is 0 Å². The Hall–Kier alpha value is -3.08. The largest absolute Gasteiger partial charge is 0.488 e. The highest BCUT2D eigenvalue weighted by molar-refractivity contribution is 7.14. The van der Waals surface area contributed by atoms with Crippen molar-refractivity contribution in [2.24, 2.45) is 0 Å². The number of halogens is 1. The van der Waals surface area contributed by atoms with Crippen molar-refractivity contribution in [3.63, 3.8) is 0 Å². The number of hydrogen-bond donors (Lipinski definition) is 1. The van der Waals surface area contributed by atoms with Crippen LogP contribution in [0.5, 0.6) is 5.75 Å². The molecule has 0 unspecified atom stereocenters. The van der Waals surface area contributed by atoms with Crippen LogP contribution in [0.2, 0.25) is 5.02 Å². The van der Waals surface area contributed by atoms with Gasteiger partial charge in [-0.3, -0.25) is 0 Å². The molecule has 0 aliphatic rings. The number of hydrogen-bond acceptors (Lipinski definition) is 3. The third-order valence-electron chi connectivity index (χ3n) is 4.85. The summed E-state index contributed by atoms with van der Waals surface area (Å²) >= 11 is 7.92. The van der Waals surface area contributed by atoms with E-state index in [0.717, 1.165) is 38.4 Å². The molecule has 0 fully saturated rings. The van der Waals surface area contributed by atoms with E-state index < -0.39 is 5.97 Å². The van der Waals surface area contributed by atoms with Crippen molar-refractivity contribution < 1.29 is 14.6 Å². The van der Waals surface area contributed by atoms with E-state index in [-0.39, 0.29) is 0 Å². The minimum atomic E-state index is -0.920. The summed E-state index contributed by atoms with van der Waals surface area (Å²) in [6.07, 6.45) is 0. The molecule has 0 bridgehead atoms. The Morgan fingerprint density at radius 1 is 1.00 bits per heavy atom. The lowest BCUT2D eigenvalue weighted by atomic mass is 9.99. The van der Waals surface area contributed by atoms with Gasteiger partial charge in [0, 0.05) is 21.0 Å². The monoisotopic (exact) mass is 434 g/mol. The number of carbonyl (C=O) groups is 1. The molecule has 1 aromatic heterocycles. The average Bonchev–Trinajstić information content (AvgIpc) is 3.23. The minimum Gasteiger partial charge on any atom is -0.488 e. The Morgan fingerprint density at radius 3 is 2.53 bits per heavy atom. The van der Waals surface area contributed by atoms with Crippen LogP contribution in [-0.2, 0) is 6.61 Å². The van der Waals surface area contributed by atoms with Crippen molar-refractivity contribution in [3.05, 3.63) is 99.9 Å². The summed E-state index contributed by atoms with van der Waals surface area (Å²) in [6, 6.07) is 23.1. The maximum absolute atomic E-state index is 11.4. The first kappa shape index (κ1) is 20.2. The van der Waals surface area contributed by atoms with Crippen LogP contribution in [0, 0.1) is 6.92 Å². The van der Waals surface area contributed by atoms with Gasteiger partial charge in [-0.05, 0) is 65.4 Å². The maximum Gasteiger partial charge on any atom is 0.335 e. The lowest BCUT2D eigenvalue weighted by Gasteiger charge is -2.14. The number of carboxylic acids is 1. The molecule has 0 saturated carbocycles. The van der Waals surface area contributed by atoms with Gasteiger partial charge in [0.25, 0.3) is 0 Å². The molecule has 0 aliphatic heterocycles. The number of benzene rings is 3.